The van der Waals surface area contributed by atoms with Crippen LogP contribution in [-0.4, -0.2) is 112 Å². The van der Waals surface area contributed by atoms with Crippen molar-refractivity contribution in [1.29, 1.82) is 0 Å². The van der Waals surface area contributed by atoms with E-state index in [1.807, 2.05) is 64.6 Å². The van der Waals surface area contributed by atoms with Gasteiger partial charge in [-0.05, 0) is 37.1 Å². The van der Waals surface area contributed by atoms with Crippen LogP contribution in [0.4, 0.5) is 9.59 Å². The van der Waals surface area contributed by atoms with Crippen LogP contribution in [0.5, 0.6) is 11.5 Å². The maximum atomic E-state index is 12.8. The molecule has 2 aromatic rings. The van der Waals surface area contributed by atoms with Crippen molar-refractivity contribution in [2.75, 3.05) is 69.5 Å². The highest BCUT2D eigenvalue weighted by Crippen LogP contribution is 2.24. The van der Waals surface area contributed by atoms with Crippen molar-refractivity contribution in [1.82, 2.24) is 9.80 Å². The number of likely N-dealkylation sites (N-methyl/N-ethyl adjacent to an activating group) is 2. The number of carbonyl (C=O) groups is 4. The lowest BCUT2D eigenvalue weighted by Gasteiger charge is -2.29. The number of ether oxygens (including phenoxy) is 2. The minimum Gasteiger partial charge on any atom is -0.410 e. The van der Waals surface area contributed by atoms with Gasteiger partial charge in [0, 0.05) is 52.2 Å². The standard InChI is InChI=1S/C40H64N4O6/c1-41(2)39(47)49-37-27-21-19-23-33(37)29-43(5,6)31-35(45)25-17-15-13-11-9-10-12-14-16-18-26-36(46)32-44(7,8)30-34-24-20-22-28-38(34)50-40(48)42(3)4/h19-24,27-28H,9-18,25-26,29-32H2,1-8H3/q+2. The SMILES string of the molecule is CN(C)C(=O)Oc1ccccc1C[N+](C)(C)CC(=O)CCCCCCCCCCCCC(=O)C[N+](C)(C)Cc1ccccc1OC(=O)N(C)C. The third-order valence-electron chi connectivity index (χ3n) is 8.64. The number of Topliss-reactive ketones (excluding diaryl/α,β-unsaturated/α-hetero) is 2. The van der Waals surface area contributed by atoms with Gasteiger partial charge in [-0.15, -0.1) is 0 Å². The number of quaternary nitrogens is 2. The second kappa shape index (κ2) is 21.5. The predicted molar refractivity (Wildman–Crippen MR) is 199 cm³/mol. The van der Waals surface area contributed by atoms with E-state index in [4.69, 9.17) is 9.47 Å². The van der Waals surface area contributed by atoms with Crippen molar-refractivity contribution < 1.29 is 37.6 Å². The number of amides is 2. The quantitative estimate of drug-likeness (QED) is 0.0884. The van der Waals surface area contributed by atoms with Crippen LogP contribution in [0.15, 0.2) is 48.5 Å². The van der Waals surface area contributed by atoms with Gasteiger partial charge in [0.2, 0.25) is 0 Å². The largest absolute Gasteiger partial charge is 0.414 e. The zero-order valence-electron chi connectivity index (χ0n) is 32.2. The summed E-state index contributed by atoms with van der Waals surface area (Å²) in [5, 5.41) is 0. The Bertz CT molecular complexity index is 1270. The number of hydrogen-bond acceptors (Lipinski definition) is 6. The van der Waals surface area contributed by atoms with Crippen molar-refractivity contribution >= 4 is 23.8 Å². The number of carbonyl (C=O) groups excluding carboxylic acids is 4. The molecule has 2 rings (SSSR count). The van der Waals surface area contributed by atoms with Gasteiger partial charge in [-0.3, -0.25) is 9.59 Å². The fraction of sp³-hybridized carbons (Fsp3) is 0.600. The normalized spacial score (nSPS) is 11.6. The van der Waals surface area contributed by atoms with E-state index >= 15 is 0 Å². The van der Waals surface area contributed by atoms with E-state index in [2.05, 4.69) is 0 Å². The van der Waals surface area contributed by atoms with E-state index in [9.17, 15) is 19.2 Å². The van der Waals surface area contributed by atoms with Gasteiger partial charge in [-0.2, -0.15) is 0 Å². The summed E-state index contributed by atoms with van der Waals surface area (Å²) >= 11 is 0. The maximum Gasteiger partial charge on any atom is 0.414 e. The van der Waals surface area contributed by atoms with Gasteiger partial charge in [0.1, 0.15) is 37.7 Å². The molecular weight excluding hydrogens is 632 g/mol. The first-order valence-corrected chi connectivity index (χ1v) is 18.2. The fourth-order valence-electron chi connectivity index (χ4n) is 6.04. The monoisotopic (exact) mass is 696 g/mol. The molecule has 0 aliphatic carbocycles. The highest BCUT2D eigenvalue weighted by molar-refractivity contribution is 5.80. The summed E-state index contributed by atoms with van der Waals surface area (Å²) in [5.74, 6) is 1.62. The highest BCUT2D eigenvalue weighted by Gasteiger charge is 2.24. The van der Waals surface area contributed by atoms with Crippen LogP contribution in [0.1, 0.15) is 88.2 Å². The summed E-state index contributed by atoms with van der Waals surface area (Å²) in [4.78, 5) is 52.4. The summed E-state index contributed by atoms with van der Waals surface area (Å²) in [6.45, 7) is 2.10. The van der Waals surface area contributed by atoms with Crippen LogP contribution in [0.25, 0.3) is 0 Å². The molecule has 0 heterocycles. The maximum absolute atomic E-state index is 12.8. The summed E-state index contributed by atoms with van der Waals surface area (Å²) in [5.41, 5.74) is 1.82. The molecule has 0 atom stereocenters. The topological polar surface area (TPSA) is 93.2 Å². The molecule has 50 heavy (non-hydrogen) atoms. The number of unbranched alkanes of at least 4 members (excludes halogenated alkanes) is 9. The lowest BCUT2D eigenvalue weighted by atomic mass is 10.0. The van der Waals surface area contributed by atoms with Gasteiger partial charge in [0.15, 0.2) is 11.6 Å². The van der Waals surface area contributed by atoms with E-state index in [0.717, 1.165) is 49.7 Å². The Kier molecular flexibility index (Phi) is 18.2. The third-order valence-corrected chi connectivity index (χ3v) is 8.64. The Morgan fingerprint density at radius 1 is 0.500 bits per heavy atom. The molecule has 0 aromatic heterocycles. The van der Waals surface area contributed by atoms with Crippen LogP contribution in [0.3, 0.4) is 0 Å². The molecule has 0 fully saturated rings. The number of rotatable bonds is 23. The molecule has 0 unspecified atom stereocenters. The molecule has 0 radical (unpaired) electrons. The lowest BCUT2D eigenvalue weighted by molar-refractivity contribution is -0.895. The van der Waals surface area contributed by atoms with Crippen LogP contribution < -0.4 is 9.47 Å². The van der Waals surface area contributed by atoms with E-state index < -0.39 is 12.2 Å². The number of nitrogens with zero attached hydrogens (tertiary/aromatic N) is 4. The van der Waals surface area contributed by atoms with E-state index in [-0.39, 0.29) is 11.6 Å². The Morgan fingerprint density at radius 3 is 1.12 bits per heavy atom. The second-order valence-corrected chi connectivity index (χ2v) is 15.4. The van der Waals surface area contributed by atoms with Gasteiger partial charge < -0.3 is 28.2 Å². The molecule has 0 N–H and O–H groups in total. The van der Waals surface area contributed by atoms with Crippen LogP contribution in [0.2, 0.25) is 0 Å². The summed E-state index contributed by atoms with van der Waals surface area (Å²) in [6.07, 6.45) is 11.5. The van der Waals surface area contributed by atoms with E-state index in [1.54, 1.807) is 40.3 Å². The average molecular weight is 697 g/mol. The van der Waals surface area contributed by atoms with Crippen molar-refractivity contribution in [3.05, 3.63) is 59.7 Å². The van der Waals surface area contributed by atoms with Gasteiger partial charge in [-0.1, -0.05) is 75.6 Å². The molecular formula is C40H64N4O6+2. The van der Waals surface area contributed by atoms with Crippen LogP contribution in [-0.2, 0) is 22.7 Å². The molecule has 2 amide bonds. The molecule has 2 aromatic carbocycles. The molecule has 278 valence electrons. The minimum absolute atomic E-state index is 0.270. The molecule has 0 bridgehead atoms. The van der Waals surface area contributed by atoms with E-state index in [1.165, 1.54) is 35.5 Å². The Hall–Kier alpha value is -3.76. The Morgan fingerprint density at radius 2 is 0.800 bits per heavy atom. The number of ketones is 2. The zero-order valence-corrected chi connectivity index (χ0v) is 32.2. The molecule has 0 aliphatic rings. The first-order valence-electron chi connectivity index (χ1n) is 18.2. The van der Waals surface area contributed by atoms with Gasteiger partial charge >= 0.3 is 12.2 Å². The summed E-state index contributed by atoms with van der Waals surface area (Å²) < 4.78 is 12.1. The summed E-state index contributed by atoms with van der Waals surface area (Å²) in [7, 11) is 14.8. The molecule has 10 nitrogen and oxygen atoms in total. The highest BCUT2D eigenvalue weighted by atomic mass is 16.6. The zero-order chi connectivity index (χ0) is 37.2. The lowest BCUT2D eigenvalue weighted by Crippen LogP contribution is -2.43. The first kappa shape index (κ1) is 42.4. The molecule has 0 spiro atoms. The Labute approximate surface area is 301 Å². The fourth-order valence-corrected chi connectivity index (χ4v) is 6.04. The third kappa shape index (κ3) is 17.3. The van der Waals surface area contributed by atoms with Gasteiger partial charge in [0.25, 0.3) is 0 Å². The number of para-hydroxylation sites is 2. The number of benzene rings is 2. The average Bonchev–Trinajstić information content (AvgIpc) is 3.02. The van der Waals surface area contributed by atoms with Crippen molar-refractivity contribution in [3.63, 3.8) is 0 Å². The Balaban J connectivity index is 1.53. The smallest absolute Gasteiger partial charge is 0.410 e. The van der Waals surface area contributed by atoms with Gasteiger partial charge in [0.05, 0.1) is 28.2 Å². The molecule has 0 saturated heterocycles. The van der Waals surface area contributed by atoms with Crippen molar-refractivity contribution in [2.24, 2.45) is 0 Å². The second-order valence-electron chi connectivity index (χ2n) is 15.4. The van der Waals surface area contributed by atoms with E-state index in [0.29, 0.717) is 59.5 Å². The van der Waals surface area contributed by atoms with Crippen LogP contribution >= 0.6 is 0 Å². The van der Waals surface area contributed by atoms with Crippen molar-refractivity contribution in [2.45, 2.75) is 90.1 Å². The predicted octanol–water partition coefficient (Wildman–Crippen LogP) is 7.48. The number of hydrogen-bond donors (Lipinski definition) is 0. The van der Waals surface area contributed by atoms with Crippen LogP contribution in [0, 0.1) is 0 Å². The molecule has 0 aliphatic heterocycles. The minimum atomic E-state index is -0.416. The molecule has 10 heteroatoms. The summed E-state index contributed by atoms with van der Waals surface area (Å²) in [6, 6.07) is 15.0. The van der Waals surface area contributed by atoms with Gasteiger partial charge in [-0.25, -0.2) is 9.59 Å². The van der Waals surface area contributed by atoms with Crippen molar-refractivity contribution in [3.8, 4) is 11.5 Å². The first-order chi connectivity index (χ1) is 23.6. The molecule has 0 saturated carbocycles.